The molecule has 5 heteroatoms. The molecule has 3 rings (SSSR count). The summed E-state index contributed by atoms with van der Waals surface area (Å²) in [5, 5.41) is 9.83. The lowest BCUT2D eigenvalue weighted by molar-refractivity contribution is 0.0929. The normalized spacial score (nSPS) is 15.8. The van der Waals surface area contributed by atoms with Crippen molar-refractivity contribution >= 4 is 5.91 Å². The largest absolute Gasteiger partial charge is 0.343 e. The van der Waals surface area contributed by atoms with Crippen LogP contribution in [0.2, 0.25) is 0 Å². The summed E-state index contributed by atoms with van der Waals surface area (Å²) in [6, 6.07) is 6.17. The van der Waals surface area contributed by atoms with Gasteiger partial charge in [0, 0.05) is 5.92 Å². The monoisotopic (exact) mass is 284 g/mol. The Kier molecular flexibility index (Phi) is 3.49. The highest BCUT2D eigenvalue weighted by Gasteiger charge is 2.28. The van der Waals surface area contributed by atoms with Crippen LogP contribution in [0.4, 0.5) is 0 Å². The molecule has 21 heavy (non-hydrogen) atoms. The first kappa shape index (κ1) is 13.8. The number of carbonyl (C=O) groups excluding carboxylic acids is 1. The Balaban J connectivity index is 1.70. The SMILES string of the molecule is Cc1ccc(C(C)NC(=O)c2n[nH]c(C3CC3)n2)c(C)c1. The average molecular weight is 284 g/mol. The van der Waals surface area contributed by atoms with Crippen LogP contribution < -0.4 is 5.32 Å². The Hall–Kier alpha value is -2.17. The molecule has 1 saturated carbocycles. The number of H-pyrrole nitrogens is 1. The zero-order valence-electron chi connectivity index (χ0n) is 12.6. The van der Waals surface area contributed by atoms with E-state index in [1.807, 2.05) is 6.92 Å². The molecule has 1 fully saturated rings. The molecule has 5 nitrogen and oxygen atoms in total. The molecule has 2 N–H and O–H groups in total. The molecule has 1 aliphatic rings. The minimum absolute atomic E-state index is 0.0685. The van der Waals surface area contributed by atoms with E-state index < -0.39 is 0 Å². The molecule has 0 saturated heterocycles. The van der Waals surface area contributed by atoms with Crippen molar-refractivity contribution in [2.75, 3.05) is 0 Å². The van der Waals surface area contributed by atoms with E-state index in [1.54, 1.807) is 0 Å². The molecule has 0 aliphatic heterocycles. The van der Waals surface area contributed by atoms with Gasteiger partial charge in [0.05, 0.1) is 6.04 Å². The Labute approximate surface area is 124 Å². The van der Waals surface area contributed by atoms with Gasteiger partial charge in [0.15, 0.2) is 0 Å². The van der Waals surface area contributed by atoms with Crippen LogP contribution in [0.5, 0.6) is 0 Å². The smallest absolute Gasteiger partial charge is 0.291 e. The van der Waals surface area contributed by atoms with E-state index in [9.17, 15) is 4.79 Å². The van der Waals surface area contributed by atoms with Gasteiger partial charge in [0.1, 0.15) is 5.82 Å². The summed E-state index contributed by atoms with van der Waals surface area (Å²) in [4.78, 5) is 16.5. The number of aromatic amines is 1. The number of nitrogens with one attached hydrogen (secondary N) is 2. The first-order valence-electron chi connectivity index (χ1n) is 7.35. The number of rotatable bonds is 4. The molecule has 2 aromatic rings. The summed E-state index contributed by atoms with van der Waals surface area (Å²) in [6.07, 6.45) is 2.27. The molecule has 1 aromatic carbocycles. The van der Waals surface area contributed by atoms with Gasteiger partial charge < -0.3 is 5.32 Å². The molecule has 1 amide bonds. The van der Waals surface area contributed by atoms with Crippen LogP contribution in [0, 0.1) is 13.8 Å². The summed E-state index contributed by atoms with van der Waals surface area (Å²) in [7, 11) is 0. The second kappa shape index (κ2) is 5.31. The first-order valence-corrected chi connectivity index (χ1v) is 7.35. The summed E-state index contributed by atoms with van der Waals surface area (Å²) in [5.74, 6) is 1.30. The van der Waals surface area contributed by atoms with Crippen molar-refractivity contribution in [3.8, 4) is 0 Å². The number of benzene rings is 1. The van der Waals surface area contributed by atoms with Gasteiger partial charge in [0.25, 0.3) is 5.91 Å². The Morgan fingerprint density at radius 3 is 2.81 bits per heavy atom. The molecule has 1 atom stereocenters. The second-order valence-electron chi connectivity index (χ2n) is 5.87. The summed E-state index contributed by atoms with van der Waals surface area (Å²) in [6.45, 7) is 6.10. The molecule has 0 radical (unpaired) electrons. The van der Waals surface area contributed by atoms with Gasteiger partial charge in [-0.1, -0.05) is 23.8 Å². The lowest BCUT2D eigenvalue weighted by Gasteiger charge is -2.16. The van der Waals surface area contributed by atoms with Gasteiger partial charge in [-0.2, -0.15) is 0 Å². The molecular weight excluding hydrogens is 264 g/mol. The highest BCUT2D eigenvalue weighted by molar-refractivity contribution is 5.90. The maximum Gasteiger partial charge on any atom is 0.291 e. The Bertz CT molecular complexity index is 673. The van der Waals surface area contributed by atoms with Crippen molar-refractivity contribution in [3.63, 3.8) is 0 Å². The maximum atomic E-state index is 12.2. The van der Waals surface area contributed by atoms with Gasteiger partial charge in [0.2, 0.25) is 5.82 Å². The number of amides is 1. The van der Waals surface area contributed by atoms with Crippen LogP contribution in [0.15, 0.2) is 18.2 Å². The van der Waals surface area contributed by atoms with Crippen molar-refractivity contribution in [3.05, 3.63) is 46.5 Å². The third-order valence-corrected chi connectivity index (χ3v) is 3.91. The highest BCUT2D eigenvalue weighted by Crippen LogP contribution is 2.37. The van der Waals surface area contributed by atoms with Crippen molar-refractivity contribution in [1.29, 1.82) is 0 Å². The molecule has 1 unspecified atom stereocenters. The fourth-order valence-electron chi connectivity index (χ4n) is 2.57. The lowest BCUT2D eigenvalue weighted by Crippen LogP contribution is -2.28. The number of carbonyl (C=O) groups is 1. The van der Waals surface area contributed by atoms with Crippen molar-refractivity contribution < 1.29 is 4.79 Å². The molecule has 110 valence electrons. The summed E-state index contributed by atoms with van der Waals surface area (Å²) < 4.78 is 0. The number of aryl methyl sites for hydroxylation is 2. The molecule has 0 bridgehead atoms. The topological polar surface area (TPSA) is 70.7 Å². The van der Waals surface area contributed by atoms with Crippen molar-refractivity contribution in [2.45, 2.75) is 45.6 Å². The molecule has 1 aromatic heterocycles. The lowest BCUT2D eigenvalue weighted by atomic mass is 10.0. The minimum atomic E-state index is -0.231. The number of hydrogen-bond acceptors (Lipinski definition) is 3. The van der Waals surface area contributed by atoms with Crippen LogP contribution in [-0.4, -0.2) is 21.1 Å². The Morgan fingerprint density at radius 1 is 1.38 bits per heavy atom. The van der Waals surface area contributed by atoms with Gasteiger partial charge in [-0.15, -0.1) is 5.10 Å². The van der Waals surface area contributed by atoms with Crippen LogP contribution >= 0.6 is 0 Å². The van der Waals surface area contributed by atoms with E-state index >= 15 is 0 Å². The molecule has 1 heterocycles. The fourth-order valence-corrected chi connectivity index (χ4v) is 2.57. The third kappa shape index (κ3) is 2.96. The predicted molar refractivity (Wildman–Crippen MR) is 80.2 cm³/mol. The van der Waals surface area contributed by atoms with Crippen LogP contribution in [-0.2, 0) is 0 Å². The quantitative estimate of drug-likeness (QED) is 0.907. The van der Waals surface area contributed by atoms with E-state index in [-0.39, 0.29) is 17.8 Å². The number of nitrogens with zero attached hydrogens (tertiary/aromatic N) is 2. The number of aromatic nitrogens is 3. The second-order valence-corrected chi connectivity index (χ2v) is 5.87. The van der Waals surface area contributed by atoms with E-state index in [0.29, 0.717) is 5.92 Å². The standard InChI is InChI=1S/C16H20N4O/c1-9-4-7-13(10(2)8-9)11(3)17-16(21)15-18-14(19-20-15)12-5-6-12/h4,7-8,11-12H,5-6H2,1-3H3,(H,17,21)(H,18,19,20). The van der Waals surface area contributed by atoms with Gasteiger partial charge in [-0.05, 0) is 44.7 Å². The van der Waals surface area contributed by atoms with Gasteiger partial charge in [-0.25, -0.2) is 4.98 Å². The zero-order valence-corrected chi connectivity index (χ0v) is 12.6. The molecule has 1 aliphatic carbocycles. The van der Waals surface area contributed by atoms with E-state index in [2.05, 4.69) is 52.5 Å². The van der Waals surface area contributed by atoms with Gasteiger partial charge in [-0.3, -0.25) is 9.89 Å². The van der Waals surface area contributed by atoms with E-state index in [1.165, 1.54) is 11.1 Å². The number of hydrogen-bond donors (Lipinski definition) is 2. The maximum absolute atomic E-state index is 12.2. The Morgan fingerprint density at radius 2 is 2.14 bits per heavy atom. The van der Waals surface area contributed by atoms with Crippen molar-refractivity contribution in [1.82, 2.24) is 20.5 Å². The zero-order chi connectivity index (χ0) is 15.0. The van der Waals surface area contributed by atoms with E-state index in [0.717, 1.165) is 24.2 Å². The summed E-state index contributed by atoms with van der Waals surface area (Å²) >= 11 is 0. The molecule has 0 spiro atoms. The third-order valence-electron chi connectivity index (χ3n) is 3.91. The first-order chi connectivity index (χ1) is 10.0. The molecular formula is C16H20N4O. The van der Waals surface area contributed by atoms with Crippen LogP contribution in [0.1, 0.15) is 64.9 Å². The highest BCUT2D eigenvalue weighted by atomic mass is 16.2. The minimum Gasteiger partial charge on any atom is -0.343 e. The van der Waals surface area contributed by atoms with Crippen LogP contribution in [0.3, 0.4) is 0 Å². The van der Waals surface area contributed by atoms with Gasteiger partial charge >= 0.3 is 0 Å². The van der Waals surface area contributed by atoms with E-state index in [4.69, 9.17) is 0 Å². The predicted octanol–water partition coefficient (Wildman–Crippen LogP) is 2.79. The summed E-state index contributed by atoms with van der Waals surface area (Å²) in [5.41, 5.74) is 3.51. The van der Waals surface area contributed by atoms with Crippen LogP contribution in [0.25, 0.3) is 0 Å². The average Bonchev–Trinajstić information content (AvgIpc) is 3.16. The van der Waals surface area contributed by atoms with Crippen molar-refractivity contribution in [2.24, 2.45) is 0 Å². The fraction of sp³-hybridized carbons (Fsp3) is 0.438.